The summed E-state index contributed by atoms with van der Waals surface area (Å²) in [4.78, 5) is 0. The zero-order chi connectivity index (χ0) is 13.7. The van der Waals surface area contributed by atoms with Crippen LogP contribution in [0.1, 0.15) is 38.7 Å². The minimum atomic E-state index is -0.434. The molecule has 19 heavy (non-hydrogen) atoms. The maximum atomic E-state index is 6.05. The van der Waals surface area contributed by atoms with Gasteiger partial charge < -0.3 is 9.47 Å². The summed E-state index contributed by atoms with van der Waals surface area (Å²) < 4.78 is 13.2. The van der Waals surface area contributed by atoms with Gasteiger partial charge in [-0.15, -0.1) is 0 Å². The Bertz CT molecular complexity index is 378. The van der Waals surface area contributed by atoms with Crippen molar-refractivity contribution in [1.82, 2.24) is 0 Å². The highest BCUT2D eigenvalue weighted by Crippen LogP contribution is 2.30. The lowest BCUT2D eigenvalue weighted by Crippen LogP contribution is -2.44. The van der Waals surface area contributed by atoms with Crippen molar-refractivity contribution in [2.24, 2.45) is 0 Å². The second-order valence-electron chi connectivity index (χ2n) is 5.62. The first-order valence-corrected chi connectivity index (χ1v) is 8.57. The first-order valence-electron chi connectivity index (χ1n) is 7.04. The normalized spacial score (nSPS) is 26.3. The molecule has 2 nitrogen and oxygen atoms in total. The van der Waals surface area contributed by atoms with Crippen molar-refractivity contribution in [3.8, 4) is 0 Å². The number of alkyl halides is 1. The summed E-state index contributed by atoms with van der Waals surface area (Å²) in [5.74, 6) is -0.434. The average Bonchev–Trinajstić information content (AvgIpc) is 2.36. The Morgan fingerprint density at radius 1 is 1.11 bits per heavy atom. The molecule has 2 rings (SSSR count). The van der Waals surface area contributed by atoms with Crippen LogP contribution in [0.2, 0.25) is 0 Å². The van der Waals surface area contributed by atoms with Crippen LogP contribution in [0.3, 0.4) is 0 Å². The molecule has 1 aliphatic rings. The van der Waals surface area contributed by atoms with E-state index >= 15 is 0 Å². The lowest BCUT2D eigenvalue weighted by atomic mass is 10.00. The number of hydrogen-bond donors (Lipinski definition) is 0. The van der Waals surface area contributed by atoms with E-state index in [0.717, 1.165) is 30.1 Å². The SMILES string of the molecule is CC1(C)O[C@@H](CCI)C[C@H](CCc2ccccc2)O1. The van der Waals surface area contributed by atoms with E-state index in [0.29, 0.717) is 12.2 Å². The summed E-state index contributed by atoms with van der Waals surface area (Å²) in [6, 6.07) is 10.6. The van der Waals surface area contributed by atoms with Gasteiger partial charge in [0.25, 0.3) is 0 Å². The highest BCUT2D eigenvalue weighted by atomic mass is 127. The van der Waals surface area contributed by atoms with Crippen molar-refractivity contribution in [1.29, 1.82) is 0 Å². The first kappa shape index (κ1) is 15.3. The molecule has 0 saturated carbocycles. The van der Waals surface area contributed by atoms with Crippen LogP contribution in [0.15, 0.2) is 30.3 Å². The maximum Gasteiger partial charge on any atom is 0.163 e. The molecule has 2 atom stereocenters. The molecule has 0 amide bonds. The van der Waals surface area contributed by atoms with Crippen LogP contribution >= 0.6 is 22.6 Å². The van der Waals surface area contributed by atoms with Crippen LogP contribution in [0.5, 0.6) is 0 Å². The van der Waals surface area contributed by atoms with E-state index in [1.54, 1.807) is 0 Å². The van der Waals surface area contributed by atoms with E-state index in [4.69, 9.17) is 9.47 Å². The molecule has 0 unspecified atom stereocenters. The molecule has 1 aliphatic heterocycles. The first-order chi connectivity index (χ1) is 9.09. The van der Waals surface area contributed by atoms with Crippen LogP contribution in [-0.4, -0.2) is 22.4 Å². The van der Waals surface area contributed by atoms with Gasteiger partial charge in [-0.1, -0.05) is 52.9 Å². The van der Waals surface area contributed by atoms with Crippen LogP contribution in [0.25, 0.3) is 0 Å². The quantitative estimate of drug-likeness (QED) is 0.564. The molecule has 1 saturated heterocycles. The molecule has 1 heterocycles. The Morgan fingerprint density at radius 2 is 1.74 bits per heavy atom. The van der Waals surface area contributed by atoms with Gasteiger partial charge in [0.05, 0.1) is 12.2 Å². The van der Waals surface area contributed by atoms with Crippen molar-refractivity contribution in [3.05, 3.63) is 35.9 Å². The van der Waals surface area contributed by atoms with Gasteiger partial charge in [0, 0.05) is 10.8 Å². The topological polar surface area (TPSA) is 18.5 Å². The van der Waals surface area contributed by atoms with E-state index in [2.05, 4.69) is 52.9 Å². The summed E-state index contributed by atoms with van der Waals surface area (Å²) in [7, 11) is 0. The van der Waals surface area contributed by atoms with Crippen LogP contribution < -0.4 is 0 Å². The van der Waals surface area contributed by atoms with E-state index in [1.165, 1.54) is 5.56 Å². The second kappa shape index (κ2) is 7.04. The third kappa shape index (κ3) is 5.04. The van der Waals surface area contributed by atoms with Gasteiger partial charge in [-0.2, -0.15) is 0 Å². The summed E-state index contributed by atoms with van der Waals surface area (Å²) in [5, 5.41) is 0. The fourth-order valence-electron chi connectivity index (χ4n) is 2.67. The highest BCUT2D eigenvalue weighted by Gasteiger charge is 2.34. The minimum absolute atomic E-state index is 0.317. The van der Waals surface area contributed by atoms with Crippen molar-refractivity contribution in [2.45, 2.75) is 57.5 Å². The molecule has 0 aliphatic carbocycles. The van der Waals surface area contributed by atoms with E-state index in [1.807, 2.05) is 13.8 Å². The molecule has 0 bridgehead atoms. The van der Waals surface area contributed by atoms with Crippen molar-refractivity contribution < 1.29 is 9.47 Å². The Morgan fingerprint density at radius 3 is 2.37 bits per heavy atom. The molecule has 0 N–H and O–H groups in total. The van der Waals surface area contributed by atoms with Gasteiger partial charge >= 0.3 is 0 Å². The van der Waals surface area contributed by atoms with Crippen molar-refractivity contribution >= 4 is 22.6 Å². The Hall–Kier alpha value is -0.130. The van der Waals surface area contributed by atoms with Crippen LogP contribution in [0.4, 0.5) is 0 Å². The molecule has 0 spiro atoms. The number of aryl methyl sites for hydroxylation is 1. The average molecular weight is 374 g/mol. The molecule has 1 fully saturated rings. The Kier molecular flexibility index (Phi) is 5.66. The molecule has 1 aromatic rings. The fraction of sp³-hybridized carbons (Fsp3) is 0.625. The largest absolute Gasteiger partial charge is 0.347 e. The van der Waals surface area contributed by atoms with Gasteiger partial charge in [0.2, 0.25) is 0 Å². The predicted octanol–water partition coefficient (Wildman–Crippen LogP) is 4.35. The van der Waals surface area contributed by atoms with E-state index in [9.17, 15) is 0 Å². The number of benzene rings is 1. The molecule has 106 valence electrons. The van der Waals surface area contributed by atoms with Crippen LogP contribution in [-0.2, 0) is 15.9 Å². The highest BCUT2D eigenvalue weighted by molar-refractivity contribution is 14.1. The number of halogens is 1. The fourth-order valence-corrected chi connectivity index (χ4v) is 3.36. The molecule has 1 aromatic carbocycles. The van der Waals surface area contributed by atoms with Gasteiger partial charge in [-0.05, 0) is 38.7 Å². The Labute approximate surface area is 130 Å². The predicted molar refractivity (Wildman–Crippen MR) is 86.7 cm³/mol. The zero-order valence-electron chi connectivity index (χ0n) is 11.8. The monoisotopic (exact) mass is 374 g/mol. The van der Waals surface area contributed by atoms with E-state index in [-0.39, 0.29) is 0 Å². The summed E-state index contributed by atoms with van der Waals surface area (Å²) >= 11 is 2.42. The summed E-state index contributed by atoms with van der Waals surface area (Å²) in [6.45, 7) is 4.06. The van der Waals surface area contributed by atoms with Gasteiger partial charge in [-0.3, -0.25) is 0 Å². The maximum absolute atomic E-state index is 6.05. The lowest BCUT2D eigenvalue weighted by Gasteiger charge is -2.41. The van der Waals surface area contributed by atoms with Gasteiger partial charge in [0.15, 0.2) is 5.79 Å². The Balaban J connectivity index is 1.88. The standard InChI is InChI=1S/C16H23IO2/c1-16(2)18-14(12-15(19-16)10-11-17)9-8-13-6-4-3-5-7-13/h3-7,14-15H,8-12H2,1-2H3/t14-,15-/m0/s1. The molecule has 0 radical (unpaired) electrons. The number of ether oxygens (including phenoxy) is 2. The smallest absolute Gasteiger partial charge is 0.163 e. The third-order valence-corrected chi connectivity index (χ3v) is 4.08. The van der Waals surface area contributed by atoms with Gasteiger partial charge in [-0.25, -0.2) is 0 Å². The summed E-state index contributed by atoms with van der Waals surface area (Å²) in [5.41, 5.74) is 1.39. The zero-order valence-corrected chi connectivity index (χ0v) is 13.9. The van der Waals surface area contributed by atoms with Gasteiger partial charge in [0.1, 0.15) is 0 Å². The van der Waals surface area contributed by atoms with E-state index < -0.39 is 5.79 Å². The van der Waals surface area contributed by atoms with Crippen LogP contribution in [0, 0.1) is 0 Å². The third-order valence-electron chi connectivity index (χ3n) is 3.46. The lowest BCUT2D eigenvalue weighted by molar-refractivity contribution is -0.300. The number of rotatable bonds is 5. The van der Waals surface area contributed by atoms with Crippen molar-refractivity contribution in [3.63, 3.8) is 0 Å². The molecular formula is C16H23IO2. The summed E-state index contributed by atoms with van der Waals surface area (Å²) in [6.07, 6.45) is 4.97. The van der Waals surface area contributed by atoms with Crippen molar-refractivity contribution in [2.75, 3.05) is 4.43 Å². The second-order valence-corrected chi connectivity index (χ2v) is 6.70. The molecule has 3 heteroatoms. The molecular weight excluding hydrogens is 351 g/mol. The minimum Gasteiger partial charge on any atom is -0.347 e. The molecule has 0 aromatic heterocycles. The number of hydrogen-bond acceptors (Lipinski definition) is 2.